The van der Waals surface area contributed by atoms with Crippen molar-refractivity contribution in [2.24, 2.45) is 0 Å². The molecule has 0 aliphatic heterocycles. The maximum Gasteiger partial charge on any atom is 0.271 e. The van der Waals surface area contributed by atoms with Crippen LogP contribution >= 0.6 is 11.6 Å². The highest BCUT2D eigenvalue weighted by Crippen LogP contribution is 2.18. The first-order valence-electron chi connectivity index (χ1n) is 8.28. The maximum absolute atomic E-state index is 12.2. The van der Waals surface area contributed by atoms with E-state index in [-0.39, 0.29) is 11.6 Å². The lowest BCUT2D eigenvalue weighted by Gasteiger charge is -2.08. The third-order valence-corrected chi connectivity index (χ3v) is 4.07. The van der Waals surface area contributed by atoms with Gasteiger partial charge in [-0.25, -0.2) is 0 Å². The first-order valence-corrected chi connectivity index (χ1v) is 8.66. The number of nitriles is 1. The molecule has 1 aromatic heterocycles. The van der Waals surface area contributed by atoms with Gasteiger partial charge >= 0.3 is 0 Å². The molecule has 0 spiro atoms. The number of aromatic nitrogens is 2. The van der Waals surface area contributed by atoms with Crippen LogP contribution in [0.5, 0.6) is 0 Å². The normalized spacial score (nSPS) is 10.1. The van der Waals surface area contributed by atoms with Crippen LogP contribution in [0.15, 0.2) is 60.7 Å². The van der Waals surface area contributed by atoms with E-state index in [2.05, 4.69) is 26.9 Å². The highest BCUT2D eigenvalue weighted by atomic mass is 35.5. The summed E-state index contributed by atoms with van der Waals surface area (Å²) in [6.07, 6.45) is 0.695. The molecular formula is C20H16ClN5O. The second-order valence-corrected chi connectivity index (χ2v) is 6.16. The van der Waals surface area contributed by atoms with Crippen LogP contribution in [0.25, 0.3) is 0 Å². The number of amides is 1. The van der Waals surface area contributed by atoms with Crippen LogP contribution in [0.4, 0.5) is 11.5 Å². The number of nitrogens with zero attached hydrogens (tertiary/aromatic N) is 3. The fraction of sp³-hybridized carbons (Fsp3) is 0.100. The number of anilines is 2. The Morgan fingerprint density at radius 1 is 1.04 bits per heavy atom. The molecular weight excluding hydrogens is 362 g/mol. The molecule has 2 N–H and O–H groups in total. The van der Waals surface area contributed by atoms with Gasteiger partial charge in [-0.05, 0) is 48.4 Å². The molecule has 7 heteroatoms. The summed E-state index contributed by atoms with van der Waals surface area (Å²) < 4.78 is 0. The lowest BCUT2D eigenvalue weighted by atomic mass is 10.1. The van der Waals surface area contributed by atoms with Gasteiger partial charge in [-0.2, -0.15) is 5.26 Å². The van der Waals surface area contributed by atoms with Crippen molar-refractivity contribution >= 4 is 29.0 Å². The first kappa shape index (κ1) is 18.4. The van der Waals surface area contributed by atoms with Crippen molar-refractivity contribution in [3.8, 4) is 6.07 Å². The molecule has 1 amide bonds. The molecule has 0 aliphatic rings. The highest BCUT2D eigenvalue weighted by molar-refractivity contribution is 6.30. The largest absolute Gasteiger partial charge is 0.350 e. The summed E-state index contributed by atoms with van der Waals surface area (Å²) in [4.78, 5) is 12.2. The molecule has 0 unspecified atom stereocenters. The van der Waals surface area contributed by atoms with Gasteiger partial charge in [0.1, 0.15) is 6.07 Å². The van der Waals surface area contributed by atoms with E-state index in [1.165, 1.54) is 0 Å². The summed E-state index contributed by atoms with van der Waals surface area (Å²) in [5, 5.41) is 23.6. The summed E-state index contributed by atoms with van der Waals surface area (Å²) in [6, 6.07) is 19.9. The summed E-state index contributed by atoms with van der Waals surface area (Å²) in [5.41, 5.74) is 2.45. The van der Waals surface area contributed by atoms with E-state index in [4.69, 9.17) is 16.9 Å². The monoisotopic (exact) mass is 377 g/mol. The Morgan fingerprint density at radius 2 is 1.81 bits per heavy atom. The van der Waals surface area contributed by atoms with Gasteiger partial charge in [0.2, 0.25) is 0 Å². The van der Waals surface area contributed by atoms with Gasteiger partial charge in [0.15, 0.2) is 11.5 Å². The minimum atomic E-state index is -0.291. The molecule has 27 heavy (non-hydrogen) atoms. The Morgan fingerprint density at radius 3 is 2.52 bits per heavy atom. The van der Waals surface area contributed by atoms with Crippen LogP contribution in [0.3, 0.4) is 0 Å². The molecule has 0 saturated carbocycles. The number of halogens is 1. The lowest BCUT2D eigenvalue weighted by Crippen LogP contribution is -2.26. The van der Waals surface area contributed by atoms with Crippen molar-refractivity contribution in [1.82, 2.24) is 15.5 Å². The number of benzene rings is 2. The topological polar surface area (TPSA) is 90.7 Å². The van der Waals surface area contributed by atoms with Crippen LogP contribution in [-0.2, 0) is 6.42 Å². The summed E-state index contributed by atoms with van der Waals surface area (Å²) in [6.45, 7) is 0.484. The van der Waals surface area contributed by atoms with Gasteiger partial charge in [-0.15, -0.1) is 10.2 Å². The fourth-order valence-corrected chi connectivity index (χ4v) is 2.54. The van der Waals surface area contributed by atoms with Gasteiger partial charge in [0.05, 0.1) is 11.3 Å². The second kappa shape index (κ2) is 8.79. The molecule has 3 rings (SSSR count). The van der Waals surface area contributed by atoms with Crippen molar-refractivity contribution in [2.45, 2.75) is 6.42 Å². The van der Waals surface area contributed by atoms with Crippen LogP contribution in [0, 0.1) is 11.3 Å². The standard InChI is InChI=1S/C20H16ClN5O/c21-16-7-5-14(6-8-16)11-12-23-20(27)18-9-10-19(26-25-18)24-17-4-2-1-3-15(17)13-22/h1-10H,11-12H2,(H,23,27)(H,24,26). The summed E-state index contributed by atoms with van der Waals surface area (Å²) in [5.74, 6) is 0.163. The Balaban J connectivity index is 1.55. The average Bonchev–Trinajstić information content (AvgIpc) is 2.70. The van der Waals surface area contributed by atoms with Crippen molar-refractivity contribution in [2.75, 3.05) is 11.9 Å². The molecule has 0 bridgehead atoms. The van der Waals surface area contributed by atoms with E-state index < -0.39 is 0 Å². The number of nitrogens with one attached hydrogen (secondary N) is 2. The zero-order chi connectivity index (χ0) is 19.1. The molecule has 0 saturated heterocycles. The van der Waals surface area contributed by atoms with Gasteiger partial charge in [-0.1, -0.05) is 35.9 Å². The summed E-state index contributed by atoms with van der Waals surface area (Å²) in [7, 11) is 0. The minimum absolute atomic E-state index is 0.227. The zero-order valence-electron chi connectivity index (χ0n) is 14.3. The number of rotatable bonds is 6. The van der Waals surface area contributed by atoms with Gasteiger partial charge < -0.3 is 10.6 Å². The molecule has 3 aromatic rings. The van der Waals surface area contributed by atoms with Crippen LogP contribution < -0.4 is 10.6 Å². The number of carbonyl (C=O) groups is 1. The fourth-order valence-electron chi connectivity index (χ4n) is 2.41. The van der Waals surface area contributed by atoms with E-state index in [0.29, 0.717) is 35.1 Å². The molecule has 6 nitrogen and oxygen atoms in total. The van der Waals surface area contributed by atoms with Gasteiger partial charge in [0, 0.05) is 11.6 Å². The van der Waals surface area contributed by atoms with Crippen molar-refractivity contribution in [3.63, 3.8) is 0 Å². The Kier molecular flexibility index (Phi) is 5.98. The third-order valence-electron chi connectivity index (χ3n) is 3.82. The molecule has 0 atom stereocenters. The van der Waals surface area contributed by atoms with E-state index in [1.807, 2.05) is 30.3 Å². The van der Waals surface area contributed by atoms with Gasteiger partial charge in [-0.3, -0.25) is 4.79 Å². The second-order valence-electron chi connectivity index (χ2n) is 5.72. The Labute approximate surface area is 161 Å². The Bertz CT molecular complexity index is 965. The van der Waals surface area contributed by atoms with Crippen molar-refractivity contribution in [3.05, 3.63) is 82.5 Å². The van der Waals surface area contributed by atoms with Crippen LogP contribution in [0.1, 0.15) is 21.6 Å². The zero-order valence-corrected chi connectivity index (χ0v) is 15.1. The van der Waals surface area contributed by atoms with E-state index in [1.54, 1.807) is 30.3 Å². The lowest BCUT2D eigenvalue weighted by molar-refractivity contribution is 0.0948. The number of carbonyl (C=O) groups excluding carboxylic acids is 1. The molecule has 134 valence electrons. The molecule has 0 radical (unpaired) electrons. The maximum atomic E-state index is 12.2. The minimum Gasteiger partial charge on any atom is -0.350 e. The quantitative estimate of drug-likeness (QED) is 0.683. The predicted octanol–water partition coefficient (Wildman–Crippen LogP) is 3.72. The molecule has 1 heterocycles. The third kappa shape index (κ3) is 5.03. The van der Waals surface area contributed by atoms with Crippen molar-refractivity contribution in [1.29, 1.82) is 5.26 Å². The first-order chi connectivity index (χ1) is 13.2. The molecule has 0 aliphatic carbocycles. The highest BCUT2D eigenvalue weighted by Gasteiger charge is 2.09. The summed E-state index contributed by atoms with van der Waals surface area (Å²) >= 11 is 5.85. The number of para-hydroxylation sites is 1. The number of hydrogen-bond acceptors (Lipinski definition) is 5. The predicted molar refractivity (Wildman–Crippen MR) is 104 cm³/mol. The van der Waals surface area contributed by atoms with E-state index in [0.717, 1.165) is 5.56 Å². The molecule has 0 fully saturated rings. The number of hydrogen-bond donors (Lipinski definition) is 2. The Hall–Kier alpha value is -3.43. The van der Waals surface area contributed by atoms with Crippen molar-refractivity contribution < 1.29 is 4.79 Å². The van der Waals surface area contributed by atoms with Crippen LogP contribution in [0.2, 0.25) is 5.02 Å². The average molecular weight is 378 g/mol. The van der Waals surface area contributed by atoms with Gasteiger partial charge in [0.25, 0.3) is 5.91 Å². The smallest absolute Gasteiger partial charge is 0.271 e. The SMILES string of the molecule is N#Cc1ccccc1Nc1ccc(C(=O)NCCc2ccc(Cl)cc2)nn1. The van der Waals surface area contributed by atoms with E-state index >= 15 is 0 Å². The van der Waals surface area contributed by atoms with Crippen LogP contribution in [-0.4, -0.2) is 22.6 Å². The van der Waals surface area contributed by atoms with E-state index in [9.17, 15) is 4.79 Å². The molecule has 2 aromatic carbocycles.